The highest BCUT2D eigenvalue weighted by Crippen LogP contribution is 2.51. The molecule has 11 rings (SSSR count). The zero-order chi connectivity index (χ0) is 29.2. The fourth-order valence-electron chi connectivity index (χ4n) is 8.23. The SMILES string of the molecule is c1ccc2c(c1)-c1cccc3c(-c4ccc5oc6ccc(-c7ccc8c9c(cccc79)-c7ccccc7-8)cc6c5c4)ccc-2c13. The van der Waals surface area contributed by atoms with E-state index < -0.39 is 0 Å². The monoisotopic (exact) mass is 568 g/mol. The van der Waals surface area contributed by atoms with Crippen molar-refractivity contribution in [2.24, 2.45) is 0 Å². The van der Waals surface area contributed by atoms with Gasteiger partial charge in [0.1, 0.15) is 11.2 Å². The maximum Gasteiger partial charge on any atom is 0.135 e. The molecule has 0 amide bonds. The van der Waals surface area contributed by atoms with E-state index in [1.807, 2.05) is 0 Å². The fraction of sp³-hybridized carbons (Fsp3) is 0. The van der Waals surface area contributed by atoms with Crippen molar-refractivity contribution in [3.8, 4) is 66.8 Å². The lowest BCUT2D eigenvalue weighted by Gasteiger charge is -2.10. The summed E-state index contributed by atoms with van der Waals surface area (Å²) in [5.74, 6) is 0. The number of furan rings is 1. The third-order valence-corrected chi connectivity index (χ3v) is 10.2. The summed E-state index contributed by atoms with van der Waals surface area (Å²) in [5.41, 5.74) is 17.4. The summed E-state index contributed by atoms with van der Waals surface area (Å²) in [7, 11) is 0. The molecule has 8 aromatic carbocycles. The van der Waals surface area contributed by atoms with Gasteiger partial charge in [0.05, 0.1) is 0 Å². The van der Waals surface area contributed by atoms with Gasteiger partial charge in [0.15, 0.2) is 0 Å². The highest BCUT2D eigenvalue weighted by Gasteiger charge is 2.24. The van der Waals surface area contributed by atoms with Crippen LogP contribution in [0.3, 0.4) is 0 Å². The molecular formula is C44H24O. The molecule has 0 radical (unpaired) electrons. The predicted molar refractivity (Wildman–Crippen MR) is 188 cm³/mol. The highest BCUT2D eigenvalue weighted by molar-refractivity contribution is 6.21. The lowest BCUT2D eigenvalue weighted by molar-refractivity contribution is 0.669. The van der Waals surface area contributed by atoms with E-state index in [-0.39, 0.29) is 0 Å². The van der Waals surface area contributed by atoms with Gasteiger partial charge in [0, 0.05) is 10.8 Å². The topological polar surface area (TPSA) is 13.1 Å². The Morgan fingerprint density at radius 3 is 1.09 bits per heavy atom. The van der Waals surface area contributed by atoms with E-state index in [0.29, 0.717) is 0 Å². The van der Waals surface area contributed by atoms with Gasteiger partial charge in [0.25, 0.3) is 0 Å². The normalized spacial score (nSPS) is 12.4. The second-order valence-corrected chi connectivity index (χ2v) is 12.4. The summed E-state index contributed by atoms with van der Waals surface area (Å²) in [6.45, 7) is 0. The fourth-order valence-corrected chi connectivity index (χ4v) is 8.23. The minimum absolute atomic E-state index is 0.917. The molecule has 9 aromatic rings. The molecule has 1 aromatic heterocycles. The number of hydrogen-bond acceptors (Lipinski definition) is 1. The van der Waals surface area contributed by atoms with E-state index in [1.54, 1.807) is 0 Å². The van der Waals surface area contributed by atoms with Gasteiger partial charge in [-0.3, -0.25) is 0 Å². The van der Waals surface area contributed by atoms with Crippen LogP contribution in [0.2, 0.25) is 0 Å². The van der Waals surface area contributed by atoms with Crippen LogP contribution in [-0.4, -0.2) is 0 Å². The second kappa shape index (κ2) is 8.37. The number of fused-ring (bicyclic) bond motifs is 9. The van der Waals surface area contributed by atoms with Crippen molar-refractivity contribution in [3.63, 3.8) is 0 Å². The van der Waals surface area contributed by atoms with Crippen LogP contribution < -0.4 is 0 Å². The van der Waals surface area contributed by atoms with Crippen LogP contribution >= 0.6 is 0 Å². The van der Waals surface area contributed by atoms with Gasteiger partial charge in [-0.2, -0.15) is 0 Å². The maximum absolute atomic E-state index is 6.39. The van der Waals surface area contributed by atoms with E-state index >= 15 is 0 Å². The Morgan fingerprint density at radius 2 is 0.644 bits per heavy atom. The molecule has 2 aliphatic rings. The predicted octanol–water partition coefficient (Wildman–Crippen LogP) is 12.5. The molecule has 0 fully saturated rings. The van der Waals surface area contributed by atoms with Crippen molar-refractivity contribution in [3.05, 3.63) is 146 Å². The van der Waals surface area contributed by atoms with Crippen LogP contribution in [0.25, 0.3) is 110 Å². The van der Waals surface area contributed by atoms with Crippen LogP contribution in [0.5, 0.6) is 0 Å². The number of rotatable bonds is 2. The Hall–Kier alpha value is -5.92. The molecule has 0 N–H and O–H groups in total. The Bertz CT molecular complexity index is 2510. The molecule has 0 saturated carbocycles. The zero-order valence-electron chi connectivity index (χ0n) is 24.3. The largest absolute Gasteiger partial charge is 0.456 e. The van der Waals surface area contributed by atoms with Gasteiger partial charge in [-0.25, -0.2) is 0 Å². The maximum atomic E-state index is 6.39. The Morgan fingerprint density at radius 1 is 0.267 bits per heavy atom. The van der Waals surface area contributed by atoms with Gasteiger partial charge in [-0.05, 0) is 113 Å². The van der Waals surface area contributed by atoms with Gasteiger partial charge in [0.2, 0.25) is 0 Å². The van der Waals surface area contributed by atoms with Crippen molar-refractivity contribution in [2.75, 3.05) is 0 Å². The van der Waals surface area contributed by atoms with E-state index in [0.717, 1.165) is 21.9 Å². The van der Waals surface area contributed by atoms with Crippen molar-refractivity contribution in [2.45, 2.75) is 0 Å². The first-order valence-corrected chi connectivity index (χ1v) is 15.6. The number of hydrogen-bond donors (Lipinski definition) is 0. The van der Waals surface area contributed by atoms with E-state index in [9.17, 15) is 0 Å². The van der Waals surface area contributed by atoms with E-state index in [2.05, 4.69) is 146 Å². The molecule has 0 saturated heterocycles. The van der Waals surface area contributed by atoms with Crippen molar-refractivity contribution in [1.82, 2.24) is 0 Å². The van der Waals surface area contributed by atoms with E-state index in [4.69, 9.17) is 4.42 Å². The van der Waals surface area contributed by atoms with Crippen LogP contribution in [0.15, 0.2) is 150 Å². The first-order chi connectivity index (χ1) is 22.3. The summed E-state index contributed by atoms with van der Waals surface area (Å²) >= 11 is 0. The molecule has 1 heterocycles. The number of benzene rings is 8. The van der Waals surface area contributed by atoms with Gasteiger partial charge in [-0.15, -0.1) is 0 Å². The first kappa shape index (κ1) is 23.5. The second-order valence-electron chi connectivity index (χ2n) is 12.4. The van der Waals surface area contributed by atoms with Gasteiger partial charge < -0.3 is 4.42 Å². The van der Waals surface area contributed by atoms with Crippen molar-refractivity contribution < 1.29 is 4.42 Å². The lowest BCUT2D eigenvalue weighted by atomic mass is 9.92. The van der Waals surface area contributed by atoms with Crippen molar-refractivity contribution >= 4 is 43.5 Å². The average molecular weight is 569 g/mol. The van der Waals surface area contributed by atoms with Crippen LogP contribution in [0.1, 0.15) is 0 Å². The van der Waals surface area contributed by atoms with Crippen LogP contribution in [0.4, 0.5) is 0 Å². The van der Waals surface area contributed by atoms with Crippen LogP contribution in [0, 0.1) is 0 Å². The Kier molecular flexibility index (Phi) is 4.38. The molecule has 0 bridgehead atoms. The lowest BCUT2D eigenvalue weighted by Crippen LogP contribution is -1.84. The first-order valence-electron chi connectivity index (χ1n) is 15.6. The van der Waals surface area contributed by atoms with Gasteiger partial charge >= 0.3 is 0 Å². The molecule has 45 heavy (non-hydrogen) atoms. The van der Waals surface area contributed by atoms with Crippen LogP contribution in [-0.2, 0) is 0 Å². The summed E-state index contributed by atoms with van der Waals surface area (Å²) in [5, 5.41) is 7.59. The third-order valence-electron chi connectivity index (χ3n) is 10.2. The summed E-state index contributed by atoms with van der Waals surface area (Å²) in [6, 6.07) is 53.5. The summed E-state index contributed by atoms with van der Waals surface area (Å²) < 4.78 is 6.39. The standard InChI is InChI=1S/C44H24O/c1-3-9-31-29(7-1)35-13-5-11-33-27(17-19-37(31)43(33)35)25-15-21-41-39(23-25)40-24-26(16-22-42(40)45-41)28-18-20-38-32-10-4-2-8-30(32)36-14-6-12-34(28)44(36)38/h1-24H. The minimum Gasteiger partial charge on any atom is -0.456 e. The molecular weight excluding hydrogens is 544 g/mol. The molecule has 1 heteroatoms. The molecule has 1 nitrogen and oxygen atoms in total. The minimum atomic E-state index is 0.917. The summed E-state index contributed by atoms with van der Waals surface area (Å²) in [6.07, 6.45) is 0. The molecule has 0 unspecified atom stereocenters. The highest BCUT2D eigenvalue weighted by atomic mass is 16.3. The third kappa shape index (κ3) is 3.02. The molecule has 0 aliphatic heterocycles. The quantitative estimate of drug-likeness (QED) is 0.202. The van der Waals surface area contributed by atoms with Crippen molar-refractivity contribution in [1.29, 1.82) is 0 Å². The van der Waals surface area contributed by atoms with E-state index in [1.165, 1.54) is 88.3 Å². The molecule has 2 aliphatic carbocycles. The molecule has 0 atom stereocenters. The average Bonchev–Trinajstić information content (AvgIpc) is 3.75. The molecule has 0 spiro atoms. The summed E-state index contributed by atoms with van der Waals surface area (Å²) in [4.78, 5) is 0. The smallest absolute Gasteiger partial charge is 0.135 e. The zero-order valence-corrected chi connectivity index (χ0v) is 24.3. The Labute approximate surface area is 259 Å². The molecule has 206 valence electrons. The Balaban J connectivity index is 1.10. The van der Waals surface area contributed by atoms with Gasteiger partial charge in [-0.1, -0.05) is 121 Å².